The van der Waals surface area contributed by atoms with Crippen LogP contribution in [0, 0.1) is 0 Å². The Morgan fingerprint density at radius 2 is 1.83 bits per heavy atom. The molecular formula is C6H8F2N2O2. The van der Waals surface area contributed by atoms with Gasteiger partial charge in [0, 0.05) is 0 Å². The van der Waals surface area contributed by atoms with Crippen LogP contribution in [0.25, 0.3) is 0 Å². The molecular weight excluding hydrogens is 170 g/mol. The molecule has 0 aliphatic carbocycles. The van der Waals surface area contributed by atoms with Crippen LogP contribution in [0.1, 0.15) is 0 Å². The van der Waals surface area contributed by atoms with Crippen LogP contribution in [-0.2, 0) is 9.59 Å². The summed E-state index contributed by atoms with van der Waals surface area (Å²) in [6.45, 7) is -0.786. The molecule has 0 saturated carbocycles. The molecule has 0 unspecified atom stereocenters. The second kappa shape index (κ2) is 3.57. The molecule has 0 radical (unpaired) electrons. The first-order valence-corrected chi connectivity index (χ1v) is 3.41. The maximum atomic E-state index is 11.8. The van der Waals surface area contributed by atoms with Crippen LogP contribution >= 0.6 is 0 Å². The van der Waals surface area contributed by atoms with Gasteiger partial charge in [-0.15, -0.1) is 0 Å². The smallest absolute Gasteiger partial charge is 0.251 e. The number of rotatable bonds is 2. The molecule has 0 aromatic rings. The van der Waals surface area contributed by atoms with Gasteiger partial charge in [-0.2, -0.15) is 0 Å². The van der Waals surface area contributed by atoms with E-state index in [-0.39, 0.29) is 13.1 Å². The average molecular weight is 178 g/mol. The van der Waals surface area contributed by atoms with E-state index in [1.807, 2.05) is 5.32 Å². The van der Waals surface area contributed by atoms with Crippen LogP contribution in [0.5, 0.6) is 0 Å². The summed E-state index contributed by atoms with van der Waals surface area (Å²) >= 11 is 0. The zero-order valence-electron chi connectivity index (χ0n) is 6.22. The third-order valence-corrected chi connectivity index (χ3v) is 1.41. The number of carbonyl (C=O) groups excluding carboxylic acids is 2. The van der Waals surface area contributed by atoms with Crippen molar-refractivity contribution in [3.8, 4) is 0 Å². The second-order valence-corrected chi connectivity index (χ2v) is 2.53. The Morgan fingerprint density at radius 1 is 1.33 bits per heavy atom. The van der Waals surface area contributed by atoms with Crippen molar-refractivity contribution in [3.05, 3.63) is 0 Å². The molecule has 0 spiro atoms. The van der Waals surface area contributed by atoms with E-state index in [4.69, 9.17) is 0 Å². The van der Waals surface area contributed by atoms with Crippen molar-refractivity contribution in [1.82, 2.24) is 10.2 Å². The first-order chi connectivity index (χ1) is 5.58. The molecule has 4 nitrogen and oxygen atoms in total. The van der Waals surface area contributed by atoms with Gasteiger partial charge in [0.25, 0.3) is 6.43 Å². The third-order valence-electron chi connectivity index (χ3n) is 1.41. The maximum absolute atomic E-state index is 11.8. The van der Waals surface area contributed by atoms with Crippen LogP contribution in [0.2, 0.25) is 0 Å². The van der Waals surface area contributed by atoms with Crippen LogP contribution in [-0.4, -0.2) is 42.8 Å². The van der Waals surface area contributed by atoms with Gasteiger partial charge in [0.15, 0.2) is 0 Å². The third kappa shape index (κ3) is 2.54. The monoisotopic (exact) mass is 178 g/mol. The van der Waals surface area contributed by atoms with Gasteiger partial charge >= 0.3 is 0 Å². The highest BCUT2D eigenvalue weighted by Crippen LogP contribution is 2.00. The van der Waals surface area contributed by atoms with Crippen molar-refractivity contribution < 1.29 is 18.4 Å². The van der Waals surface area contributed by atoms with Crippen molar-refractivity contribution in [2.75, 3.05) is 19.6 Å². The molecule has 0 aromatic carbocycles. The molecule has 12 heavy (non-hydrogen) atoms. The lowest BCUT2D eigenvalue weighted by Gasteiger charge is -2.24. The molecule has 1 fully saturated rings. The fourth-order valence-electron chi connectivity index (χ4n) is 1.02. The fraction of sp³-hybridized carbons (Fsp3) is 0.667. The quantitative estimate of drug-likeness (QED) is 0.564. The summed E-state index contributed by atoms with van der Waals surface area (Å²) in [5, 5.41) is 2.02. The molecule has 1 aliphatic heterocycles. The lowest BCUT2D eigenvalue weighted by Crippen LogP contribution is -2.52. The van der Waals surface area contributed by atoms with Crippen LogP contribution in [0.15, 0.2) is 0 Å². The lowest BCUT2D eigenvalue weighted by molar-refractivity contribution is -0.136. The van der Waals surface area contributed by atoms with E-state index >= 15 is 0 Å². The van der Waals surface area contributed by atoms with Crippen molar-refractivity contribution in [2.45, 2.75) is 6.43 Å². The minimum Gasteiger partial charge on any atom is -0.294 e. The zero-order chi connectivity index (χ0) is 9.14. The molecule has 0 bridgehead atoms. The van der Waals surface area contributed by atoms with Gasteiger partial charge < -0.3 is 0 Å². The van der Waals surface area contributed by atoms with Crippen molar-refractivity contribution in [1.29, 1.82) is 0 Å². The molecule has 68 valence electrons. The summed E-state index contributed by atoms with van der Waals surface area (Å²) in [5.74, 6) is -1.04. The van der Waals surface area contributed by atoms with E-state index in [0.29, 0.717) is 0 Å². The zero-order valence-corrected chi connectivity index (χ0v) is 6.22. The number of nitrogens with one attached hydrogen (secondary N) is 1. The van der Waals surface area contributed by atoms with E-state index in [9.17, 15) is 18.4 Å². The predicted octanol–water partition coefficient (Wildman–Crippen LogP) is -0.790. The summed E-state index contributed by atoms with van der Waals surface area (Å²) in [5.41, 5.74) is 0. The van der Waals surface area contributed by atoms with E-state index in [0.717, 1.165) is 4.90 Å². The molecule has 6 heteroatoms. The van der Waals surface area contributed by atoms with Gasteiger partial charge in [-0.05, 0) is 0 Å². The Balaban J connectivity index is 2.44. The molecule has 1 heterocycles. The standard InChI is InChI=1S/C6H8F2N2O2/c7-4(8)1-10-2-5(11)9-6(12)3-10/h4H,1-3H2,(H,9,11,12). The van der Waals surface area contributed by atoms with E-state index in [2.05, 4.69) is 0 Å². The summed E-state index contributed by atoms with van der Waals surface area (Å²) in [6.07, 6.45) is -2.51. The largest absolute Gasteiger partial charge is 0.294 e. The number of nitrogens with zero attached hydrogens (tertiary/aromatic N) is 1. The highest BCUT2D eigenvalue weighted by Gasteiger charge is 2.24. The van der Waals surface area contributed by atoms with Crippen molar-refractivity contribution in [3.63, 3.8) is 0 Å². The Kier molecular flexibility index (Phi) is 2.69. The first-order valence-electron chi connectivity index (χ1n) is 3.41. The van der Waals surface area contributed by atoms with Gasteiger partial charge in [-0.3, -0.25) is 19.8 Å². The highest BCUT2D eigenvalue weighted by atomic mass is 19.3. The van der Waals surface area contributed by atoms with Gasteiger partial charge in [-0.25, -0.2) is 8.78 Å². The van der Waals surface area contributed by atoms with Gasteiger partial charge in [0.05, 0.1) is 19.6 Å². The number of hydrogen-bond donors (Lipinski definition) is 1. The maximum Gasteiger partial charge on any atom is 0.251 e. The molecule has 1 aliphatic rings. The summed E-state index contributed by atoms with van der Waals surface area (Å²) in [4.78, 5) is 22.4. The minimum absolute atomic E-state index is 0.129. The number of imide groups is 1. The normalized spacial score (nSPS) is 19.9. The van der Waals surface area contributed by atoms with Crippen LogP contribution in [0.4, 0.5) is 8.78 Å². The lowest BCUT2D eigenvalue weighted by atomic mass is 10.3. The van der Waals surface area contributed by atoms with Crippen LogP contribution in [0.3, 0.4) is 0 Å². The number of carbonyl (C=O) groups is 2. The van der Waals surface area contributed by atoms with Gasteiger partial charge in [-0.1, -0.05) is 0 Å². The molecule has 1 saturated heterocycles. The fourth-order valence-corrected chi connectivity index (χ4v) is 1.02. The Bertz CT molecular complexity index is 192. The van der Waals surface area contributed by atoms with Crippen LogP contribution < -0.4 is 5.32 Å². The number of alkyl halides is 2. The predicted molar refractivity (Wildman–Crippen MR) is 35.6 cm³/mol. The molecule has 0 atom stereocenters. The molecule has 1 N–H and O–H groups in total. The van der Waals surface area contributed by atoms with E-state index < -0.39 is 24.8 Å². The van der Waals surface area contributed by atoms with E-state index in [1.54, 1.807) is 0 Å². The SMILES string of the molecule is O=C1CN(CC(F)F)CC(=O)N1. The second-order valence-electron chi connectivity index (χ2n) is 2.53. The molecule has 2 amide bonds. The Labute approximate surface area is 67.5 Å². The summed E-state index contributed by atoms with van der Waals surface area (Å²) < 4.78 is 23.6. The number of amides is 2. The molecule has 0 aromatic heterocycles. The van der Waals surface area contributed by atoms with Gasteiger partial charge in [0.2, 0.25) is 11.8 Å². The topological polar surface area (TPSA) is 49.4 Å². The highest BCUT2D eigenvalue weighted by molar-refractivity contribution is 5.99. The minimum atomic E-state index is -2.51. The van der Waals surface area contributed by atoms with Crippen molar-refractivity contribution >= 4 is 11.8 Å². The number of piperazine rings is 1. The molecule has 1 rings (SSSR count). The Hall–Kier alpha value is -1.04. The van der Waals surface area contributed by atoms with E-state index in [1.165, 1.54) is 0 Å². The van der Waals surface area contributed by atoms with Crippen molar-refractivity contribution in [2.24, 2.45) is 0 Å². The first kappa shape index (κ1) is 9.05. The number of hydrogen-bond acceptors (Lipinski definition) is 3. The summed E-state index contributed by atoms with van der Waals surface area (Å²) in [6, 6.07) is 0. The summed E-state index contributed by atoms with van der Waals surface area (Å²) in [7, 11) is 0. The Morgan fingerprint density at radius 3 is 2.25 bits per heavy atom. The number of halogens is 2. The van der Waals surface area contributed by atoms with Gasteiger partial charge in [0.1, 0.15) is 0 Å². The average Bonchev–Trinajstić information content (AvgIpc) is 1.81.